The molecular weight excluding hydrogens is 276 g/mol. The number of carbonyl (C=O) groups is 1. The Kier molecular flexibility index (Phi) is 4.41. The van der Waals surface area contributed by atoms with Crippen LogP contribution < -0.4 is 11.1 Å². The second-order valence-electron chi connectivity index (χ2n) is 3.99. The molecule has 0 radical (unpaired) electrons. The summed E-state index contributed by atoms with van der Waals surface area (Å²) >= 11 is 5.95. The van der Waals surface area contributed by atoms with Gasteiger partial charge in [0, 0.05) is 23.8 Å². The molecule has 1 heterocycles. The van der Waals surface area contributed by atoms with E-state index in [0.717, 1.165) is 0 Å². The number of nitrogens with one attached hydrogen (secondary N) is 1. The predicted molar refractivity (Wildman–Crippen MR) is 78.5 cm³/mol. The van der Waals surface area contributed by atoms with E-state index in [2.05, 4.69) is 22.3 Å². The largest absolute Gasteiger partial charge is 0.320 e. The molecule has 0 saturated carbocycles. The van der Waals surface area contributed by atoms with Crippen molar-refractivity contribution >= 4 is 23.2 Å². The van der Waals surface area contributed by atoms with E-state index in [-0.39, 0.29) is 12.5 Å². The Morgan fingerprint density at radius 2 is 2.30 bits per heavy atom. The molecule has 5 nitrogen and oxygen atoms in total. The molecule has 2 aromatic rings. The summed E-state index contributed by atoms with van der Waals surface area (Å²) in [7, 11) is 1.70. The molecule has 0 bridgehead atoms. The normalized spacial score (nSPS) is 9.75. The zero-order valence-electron chi connectivity index (χ0n) is 10.9. The molecule has 1 aromatic heterocycles. The highest BCUT2D eigenvalue weighted by Crippen LogP contribution is 2.21. The first kappa shape index (κ1) is 14.1. The van der Waals surface area contributed by atoms with Crippen LogP contribution in [0, 0.1) is 11.8 Å². The lowest BCUT2D eigenvalue weighted by atomic mass is 10.1. The number of rotatable bonds is 2. The van der Waals surface area contributed by atoms with Crippen LogP contribution in [0.4, 0.5) is 5.69 Å². The molecule has 0 spiro atoms. The number of benzene rings is 1. The Balaban J connectivity index is 2.31. The maximum Gasteiger partial charge on any atom is 0.273 e. The van der Waals surface area contributed by atoms with Crippen molar-refractivity contribution in [1.82, 2.24) is 9.78 Å². The molecule has 0 aliphatic carbocycles. The van der Waals surface area contributed by atoms with Crippen molar-refractivity contribution in [3.05, 3.63) is 46.7 Å². The van der Waals surface area contributed by atoms with Gasteiger partial charge in [-0.05, 0) is 24.3 Å². The third-order valence-electron chi connectivity index (χ3n) is 2.61. The van der Waals surface area contributed by atoms with E-state index >= 15 is 0 Å². The maximum atomic E-state index is 12.1. The number of aryl methyl sites for hydroxylation is 1. The summed E-state index contributed by atoms with van der Waals surface area (Å²) in [5.41, 5.74) is 7.01. The first-order valence-electron chi connectivity index (χ1n) is 5.89. The van der Waals surface area contributed by atoms with Crippen LogP contribution in [0.5, 0.6) is 0 Å². The molecule has 1 aromatic carbocycles. The van der Waals surface area contributed by atoms with Gasteiger partial charge in [0.2, 0.25) is 0 Å². The van der Waals surface area contributed by atoms with Gasteiger partial charge in [-0.15, -0.1) is 0 Å². The fourth-order valence-electron chi connectivity index (χ4n) is 1.66. The molecule has 0 unspecified atom stereocenters. The molecule has 0 saturated heterocycles. The van der Waals surface area contributed by atoms with Crippen LogP contribution in [0.2, 0.25) is 5.02 Å². The van der Waals surface area contributed by atoms with E-state index in [4.69, 9.17) is 17.3 Å². The fraction of sp³-hybridized carbons (Fsp3) is 0.143. The highest BCUT2D eigenvalue weighted by molar-refractivity contribution is 6.31. The van der Waals surface area contributed by atoms with Gasteiger partial charge in [-0.3, -0.25) is 9.48 Å². The van der Waals surface area contributed by atoms with Crippen molar-refractivity contribution < 1.29 is 4.79 Å². The van der Waals surface area contributed by atoms with E-state index < -0.39 is 0 Å². The summed E-state index contributed by atoms with van der Waals surface area (Å²) in [5.74, 6) is 5.37. The van der Waals surface area contributed by atoms with Gasteiger partial charge < -0.3 is 11.1 Å². The lowest BCUT2D eigenvalue weighted by Gasteiger charge is -2.08. The minimum atomic E-state index is -0.275. The minimum Gasteiger partial charge on any atom is -0.320 e. The highest BCUT2D eigenvalue weighted by Gasteiger charge is 2.12. The number of aromatic nitrogens is 2. The van der Waals surface area contributed by atoms with Crippen LogP contribution in [-0.4, -0.2) is 22.2 Å². The lowest BCUT2D eigenvalue weighted by molar-refractivity contribution is 0.101. The van der Waals surface area contributed by atoms with Gasteiger partial charge in [-0.1, -0.05) is 23.4 Å². The standard InChI is InChI=1S/C14H13ClN4O/c1-19-13(6-8-17-19)14(20)18-12-9-11(15)5-4-10(12)3-2-7-16/h4-6,8-9H,7,16H2,1H3,(H,18,20). The van der Waals surface area contributed by atoms with Gasteiger partial charge in [0.15, 0.2) is 0 Å². The molecule has 0 aliphatic rings. The van der Waals surface area contributed by atoms with Crippen LogP contribution in [0.1, 0.15) is 16.1 Å². The van der Waals surface area contributed by atoms with Crippen LogP contribution in [0.25, 0.3) is 0 Å². The van der Waals surface area contributed by atoms with E-state index in [1.165, 1.54) is 4.68 Å². The van der Waals surface area contributed by atoms with Crippen molar-refractivity contribution in [2.75, 3.05) is 11.9 Å². The molecular formula is C14H13ClN4O. The smallest absolute Gasteiger partial charge is 0.273 e. The minimum absolute atomic E-state index is 0.248. The fourth-order valence-corrected chi connectivity index (χ4v) is 1.83. The topological polar surface area (TPSA) is 72.9 Å². The Morgan fingerprint density at radius 1 is 1.50 bits per heavy atom. The van der Waals surface area contributed by atoms with E-state index in [1.54, 1.807) is 37.5 Å². The Hall–Kier alpha value is -2.29. The van der Waals surface area contributed by atoms with Crippen molar-refractivity contribution in [2.24, 2.45) is 12.8 Å². The number of hydrogen-bond acceptors (Lipinski definition) is 3. The summed E-state index contributed by atoms with van der Waals surface area (Å²) < 4.78 is 1.49. The Labute approximate surface area is 121 Å². The SMILES string of the molecule is Cn1nccc1C(=O)Nc1cc(Cl)ccc1C#CCN. The van der Waals surface area contributed by atoms with Gasteiger partial charge in [0.1, 0.15) is 5.69 Å². The van der Waals surface area contributed by atoms with Crippen molar-refractivity contribution in [3.8, 4) is 11.8 Å². The first-order chi connectivity index (χ1) is 9.61. The summed E-state index contributed by atoms with van der Waals surface area (Å²) in [6.45, 7) is 0.248. The molecule has 6 heteroatoms. The summed E-state index contributed by atoms with van der Waals surface area (Å²) in [4.78, 5) is 12.1. The quantitative estimate of drug-likeness (QED) is 0.825. The monoisotopic (exact) mass is 288 g/mol. The summed E-state index contributed by atoms with van der Waals surface area (Å²) in [6, 6.07) is 6.73. The van der Waals surface area contributed by atoms with E-state index in [0.29, 0.717) is 22.0 Å². The van der Waals surface area contributed by atoms with Crippen molar-refractivity contribution in [3.63, 3.8) is 0 Å². The molecule has 0 atom stereocenters. The van der Waals surface area contributed by atoms with Crippen LogP contribution in [0.3, 0.4) is 0 Å². The number of amides is 1. The second-order valence-corrected chi connectivity index (χ2v) is 4.43. The molecule has 0 fully saturated rings. The molecule has 0 aliphatic heterocycles. The number of hydrogen-bond donors (Lipinski definition) is 2. The number of nitrogens with two attached hydrogens (primary N) is 1. The summed E-state index contributed by atoms with van der Waals surface area (Å²) in [5, 5.41) is 7.25. The van der Waals surface area contributed by atoms with Crippen molar-refractivity contribution in [2.45, 2.75) is 0 Å². The second kappa shape index (κ2) is 6.24. The average molecular weight is 289 g/mol. The number of halogens is 1. The van der Waals surface area contributed by atoms with E-state index in [1.807, 2.05) is 0 Å². The average Bonchev–Trinajstić information content (AvgIpc) is 2.84. The van der Waals surface area contributed by atoms with Crippen molar-refractivity contribution in [1.29, 1.82) is 0 Å². The van der Waals surface area contributed by atoms with E-state index in [9.17, 15) is 4.79 Å². The Morgan fingerprint density at radius 3 is 2.95 bits per heavy atom. The summed E-state index contributed by atoms with van der Waals surface area (Å²) in [6.07, 6.45) is 1.56. The number of carbonyl (C=O) groups excluding carboxylic acids is 1. The lowest BCUT2D eigenvalue weighted by Crippen LogP contribution is -2.16. The molecule has 1 amide bonds. The van der Waals surface area contributed by atoms with Crippen LogP contribution in [0.15, 0.2) is 30.5 Å². The van der Waals surface area contributed by atoms with Gasteiger partial charge in [0.05, 0.1) is 12.2 Å². The predicted octanol–water partition coefficient (Wildman–Crippen LogP) is 1.64. The zero-order chi connectivity index (χ0) is 14.5. The van der Waals surface area contributed by atoms with Gasteiger partial charge in [0.25, 0.3) is 5.91 Å². The van der Waals surface area contributed by atoms with Gasteiger partial charge >= 0.3 is 0 Å². The van der Waals surface area contributed by atoms with Crippen LogP contribution >= 0.6 is 11.6 Å². The molecule has 3 N–H and O–H groups in total. The zero-order valence-corrected chi connectivity index (χ0v) is 11.6. The molecule has 102 valence electrons. The third kappa shape index (κ3) is 3.18. The first-order valence-corrected chi connectivity index (χ1v) is 6.27. The molecule has 2 rings (SSSR count). The Bertz CT molecular complexity index is 697. The third-order valence-corrected chi connectivity index (χ3v) is 2.84. The van der Waals surface area contributed by atoms with Gasteiger partial charge in [-0.2, -0.15) is 5.10 Å². The van der Waals surface area contributed by atoms with Gasteiger partial charge in [-0.25, -0.2) is 0 Å². The molecule has 20 heavy (non-hydrogen) atoms. The number of anilines is 1. The number of nitrogens with zero attached hydrogens (tertiary/aromatic N) is 2. The maximum absolute atomic E-state index is 12.1. The highest BCUT2D eigenvalue weighted by atomic mass is 35.5. The van der Waals surface area contributed by atoms with Crippen LogP contribution in [-0.2, 0) is 7.05 Å².